The fourth-order valence-corrected chi connectivity index (χ4v) is 4.10. The molecule has 1 aliphatic rings. The Morgan fingerprint density at radius 2 is 1.73 bits per heavy atom. The van der Waals surface area contributed by atoms with Gasteiger partial charge < -0.3 is 15.8 Å². The van der Waals surface area contributed by atoms with Crippen molar-refractivity contribution in [3.8, 4) is 5.75 Å². The van der Waals surface area contributed by atoms with Crippen molar-refractivity contribution in [3.05, 3.63) is 58.7 Å². The molecule has 2 aromatic carbocycles. The van der Waals surface area contributed by atoms with Crippen molar-refractivity contribution in [1.29, 1.82) is 0 Å². The molecular formula is C26H30N2O5. The number of carbonyl (C=O) groups is 4. The number of carbonyl (C=O) groups excluding carboxylic acids is 4. The molecule has 7 heteroatoms. The summed E-state index contributed by atoms with van der Waals surface area (Å²) in [7, 11) is 0. The van der Waals surface area contributed by atoms with Crippen molar-refractivity contribution in [3.63, 3.8) is 0 Å². The molecule has 1 atom stereocenters. The van der Waals surface area contributed by atoms with Gasteiger partial charge in [0.2, 0.25) is 17.5 Å². The van der Waals surface area contributed by atoms with E-state index in [1.807, 2.05) is 27.7 Å². The minimum absolute atomic E-state index is 0.0677. The lowest BCUT2D eigenvalue weighted by molar-refractivity contribution is -0.134. The summed E-state index contributed by atoms with van der Waals surface area (Å²) >= 11 is 0. The van der Waals surface area contributed by atoms with Crippen LogP contribution in [0.5, 0.6) is 5.75 Å². The Morgan fingerprint density at radius 3 is 2.33 bits per heavy atom. The maximum Gasteiger partial charge on any atom is 0.311 e. The van der Waals surface area contributed by atoms with Crippen molar-refractivity contribution < 1.29 is 23.9 Å². The number of ketones is 2. The number of nitrogen functional groups attached to an aromatic ring is 1. The summed E-state index contributed by atoms with van der Waals surface area (Å²) < 4.78 is 5.66. The third-order valence-corrected chi connectivity index (χ3v) is 5.81. The first-order chi connectivity index (χ1) is 15.7. The van der Waals surface area contributed by atoms with Crippen LogP contribution in [0.4, 0.5) is 5.69 Å². The predicted molar refractivity (Wildman–Crippen MR) is 125 cm³/mol. The zero-order valence-electron chi connectivity index (χ0n) is 19.5. The van der Waals surface area contributed by atoms with Crippen LogP contribution in [0.25, 0.3) is 0 Å². The van der Waals surface area contributed by atoms with Gasteiger partial charge in [0.05, 0.1) is 5.56 Å². The molecule has 0 saturated carbocycles. The van der Waals surface area contributed by atoms with Gasteiger partial charge in [-0.3, -0.25) is 19.2 Å². The van der Waals surface area contributed by atoms with E-state index in [0.29, 0.717) is 12.8 Å². The number of nitrogens with one attached hydrogen (secondary N) is 1. The molecule has 174 valence electrons. The second-order valence-electron chi connectivity index (χ2n) is 8.61. The number of hydrogen-bond acceptors (Lipinski definition) is 6. The highest BCUT2D eigenvalue weighted by atomic mass is 16.5. The molecule has 0 saturated heterocycles. The van der Waals surface area contributed by atoms with Gasteiger partial charge in [0.1, 0.15) is 5.75 Å². The Hall–Kier alpha value is -3.48. The highest BCUT2D eigenvalue weighted by Crippen LogP contribution is 2.44. The van der Waals surface area contributed by atoms with E-state index in [4.69, 9.17) is 10.5 Å². The topological polar surface area (TPSA) is 116 Å². The quantitative estimate of drug-likeness (QED) is 0.268. The van der Waals surface area contributed by atoms with Gasteiger partial charge in [0.25, 0.3) is 0 Å². The van der Waals surface area contributed by atoms with Crippen LogP contribution >= 0.6 is 0 Å². The highest BCUT2D eigenvalue weighted by Gasteiger charge is 2.57. The Balaban J connectivity index is 2.28. The van der Waals surface area contributed by atoms with Crippen molar-refractivity contribution >= 4 is 29.1 Å². The summed E-state index contributed by atoms with van der Waals surface area (Å²) in [4.78, 5) is 52.8. The Bertz CT molecular complexity index is 1120. The number of Topliss-reactive ketones (excluding diaryl/α,β-unsaturated/α-hetero) is 2. The average Bonchev–Trinajstić information content (AvgIpc) is 2.97. The van der Waals surface area contributed by atoms with Crippen molar-refractivity contribution in [2.75, 3.05) is 5.73 Å². The van der Waals surface area contributed by atoms with E-state index in [0.717, 1.165) is 5.56 Å². The minimum atomic E-state index is -2.05. The van der Waals surface area contributed by atoms with E-state index >= 15 is 0 Å². The molecule has 0 fully saturated rings. The SMILES string of the molecule is CCCC(=O)NC1(c2ccc(C(C)C)cc2OC(=O)CCC)C(=O)c2cccc(N)c2C1=O. The summed E-state index contributed by atoms with van der Waals surface area (Å²) in [5.41, 5.74) is 5.36. The van der Waals surface area contributed by atoms with E-state index in [1.54, 1.807) is 24.3 Å². The van der Waals surface area contributed by atoms with Crippen LogP contribution in [-0.2, 0) is 15.1 Å². The number of nitrogens with two attached hydrogens (primary N) is 1. The second-order valence-corrected chi connectivity index (χ2v) is 8.61. The molecule has 1 amide bonds. The largest absolute Gasteiger partial charge is 0.426 e. The summed E-state index contributed by atoms with van der Waals surface area (Å²) in [6.07, 6.45) is 1.42. The maximum atomic E-state index is 13.8. The van der Waals surface area contributed by atoms with Gasteiger partial charge in [-0.2, -0.15) is 0 Å². The molecule has 0 spiro atoms. The number of benzene rings is 2. The fraction of sp³-hybridized carbons (Fsp3) is 0.385. The number of fused-ring (bicyclic) bond motifs is 1. The fourth-order valence-electron chi connectivity index (χ4n) is 4.10. The van der Waals surface area contributed by atoms with Gasteiger partial charge >= 0.3 is 5.97 Å². The summed E-state index contributed by atoms with van der Waals surface area (Å²) in [5, 5.41) is 2.69. The molecular weight excluding hydrogens is 420 g/mol. The highest BCUT2D eigenvalue weighted by molar-refractivity contribution is 6.35. The average molecular weight is 451 g/mol. The molecule has 0 aliphatic heterocycles. The molecule has 1 unspecified atom stereocenters. The molecule has 0 aromatic heterocycles. The summed E-state index contributed by atoms with van der Waals surface area (Å²) in [5.74, 6) is -1.96. The van der Waals surface area contributed by atoms with Crippen LogP contribution in [0.3, 0.4) is 0 Å². The molecule has 3 N–H and O–H groups in total. The number of esters is 1. The summed E-state index contributed by atoms with van der Waals surface area (Å²) in [6, 6.07) is 9.68. The van der Waals surface area contributed by atoms with Gasteiger partial charge in [-0.1, -0.05) is 52.0 Å². The zero-order chi connectivity index (χ0) is 24.3. The Labute approximate surface area is 193 Å². The van der Waals surface area contributed by atoms with Crippen LogP contribution in [-0.4, -0.2) is 23.4 Å². The lowest BCUT2D eigenvalue weighted by Gasteiger charge is -2.30. The van der Waals surface area contributed by atoms with Gasteiger partial charge in [-0.25, -0.2) is 0 Å². The van der Waals surface area contributed by atoms with E-state index in [2.05, 4.69) is 5.32 Å². The van der Waals surface area contributed by atoms with Crippen LogP contribution in [0, 0.1) is 0 Å². The van der Waals surface area contributed by atoms with E-state index in [9.17, 15) is 19.2 Å². The number of amides is 1. The first kappa shape index (κ1) is 24.2. The third-order valence-electron chi connectivity index (χ3n) is 5.81. The third kappa shape index (κ3) is 4.27. The lowest BCUT2D eigenvalue weighted by atomic mass is 9.82. The summed E-state index contributed by atoms with van der Waals surface area (Å²) in [6.45, 7) is 7.64. The number of hydrogen-bond donors (Lipinski definition) is 2. The van der Waals surface area contributed by atoms with Crippen LogP contribution in [0.15, 0.2) is 36.4 Å². The van der Waals surface area contributed by atoms with Gasteiger partial charge in [-0.05, 0) is 36.5 Å². The normalized spacial score (nSPS) is 17.2. The molecule has 2 aromatic rings. The standard InChI is InChI=1S/C26H30N2O5/c1-5-8-21(29)28-26(24(31)17-10-7-11-19(27)23(17)25(26)32)18-13-12-16(15(3)4)14-20(18)33-22(30)9-6-2/h7,10-15H,5-6,8-9,27H2,1-4H3,(H,28,29). The lowest BCUT2D eigenvalue weighted by Crippen LogP contribution is -2.54. The molecule has 0 heterocycles. The van der Waals surface area contributed by atoms with Gasteiger partial charge in [-0.15, -0.1) is 0 Å². The monoisotopic (exact) mass is 450 g/mol. The second kappa shape index (κ2) is 9.57. The van der Waals surface area contributed by atoms with Crippen molar-refractivity contribution in [2.24, 2.45) is 0 Å². The Kier molecular flexibility index (Phi) is 7.01. The maximum absolute atomic E-state index is 13.8. The molecule has 3 rings (SSSR count). The predicted octanol–water partition coefficient (Wildman–Crippen LogP) is 4.29. The van der Waals surface area contributed by atoms with Crippen molar-refractivity contribution in [2.45, 2.75) is 64.8 Å². The number of rotatable bonds is 8. The first-order valence-corrected chi connectivity index (χ1v) is 11.3. The van der Waals surface area contributed by atoms with Gasteiger partial charge in [0.15, 0.2) is 5.54 Å². The van der Waals surface area contributed by atoms with Crippen LogP contribution < -0.4 is 15.8 Å². The number of anilines is 1. The Morgan fingerprint density at radius 1 is 1.03 bits per heavy atom. The molecule has 1 aliphatic carbocycles. The first-order valence-electron chi connectivity index (χ1n) is 11.3. The van der Waals surface area contributed by atoms with Crippen LogP contribution in [0.2, 0.25) is 0 Å². The minimum Gasteiger partial charge on any atom is -0.426 e. The molecule has 0 bridgehead atoms. The molecule has 0 radical (unpaired) electrons. The van der Waals surface area contributed by atoms with E-state index in [1.165, 1.54) is 12.1 Å². The van der Waals surface area contributed by atoms with E-state index in [-0.39, 0.29) is 46.9 Å². The van der Waals surface area contributed by atoms with E-state index < -0.39 is 29.0 Å². The van der Waals surface area contributed by atoms with Gasteiger partial charge in [0, 0.05) is 29.7 Å². The van der Waals surface area contributed by atoms with Crippen molar-refractivity contribution in [1.82, 2.24) is 5.32 Å². The van der Waals surface area contributed by atoms with Crippen LogP contribution in [0.1, 0.15) is 91.1 Å². The smallest absolute Gasteiger partial charge is 0.311 e. The zero-order valence-corrected chi connectivity index (χ0v) is 19.5. The molecule has 33 heavy (non-hydrogen) atoms. The molecule has 7 nitrogen and oxygen atoms in total. The number of ether oxygens (including phenoxy) is 1.